The van der Waals surface area contributed by atoms with Crippen LogP contribution in [0.1, 0.15) is 0 Å². The fraction of sp³-hybridized carbons (Fsp3) is 0.0909. The maximum Gasteiger partial charge on any atom is 0.151 e. The molecule has 0 atom stereocenters. The lowest BCUT2D eigenvalue weighted by Crippen LogP contribution is -1.89. The Hall–Kier alpha value is -1.68. The van der Waals surface area contributed by atoms with Gasteiger partial charge in [-0.1, -0.05) is 6.07 Å². The number of thiophene rings is 1. The summed E-state index contributed by atoms with van der Waals surface area (Å²) in [6, 6.07) is 6.11. The van der Waals surface area contributed by atoms with Crippen LogP contribution in [-0.4, -0.2) is 14.5 Å². The summed E-state index contributed by atoms with van der Waals surface area (Å²) in [4.78, 5) is 9.83. The van der Waals surface area contributed by atoms with Crippen molar-refractivity contribution < 1.29 is 0 Å². The maximum atomic E-state index is 4.57. The molecule has 0 saturated heterocycles. The molecule has 0 aromatic carbocycles. The highest BCUT2D eigenvalue weighted by Crippen LogP contribution is 2.26. The highest BCUT2D eigenvalue weighted by molar-refractivity contribution is 7.13. The van der Waals surface area contributed by atoms with E-state index in [1.165, 1.54) is 4.88 Å². The first-order chi connectivity index (χ1) is 7.36. The summed E-state index contributed by atoms with van der Waals surface area (Å²) < 4.78 is 2.10. The summed E-state index contributed by atoms with van der Waals surface area (Å²) in [5, 5.41) is 2.06. The van der Waals surface area contributed by atoms with Crippen molar-refractivity contribution in [2.24, 2.45) is 7.05 Å². The van der Waals surface area contributed by atoms with Gasteiger partial charge in [0.2, 0.25) is 0 Å². The molecule has 3 aromatic rings. The average molecular weight is 215 g/mol. The molecule has 0 radical (unpaired) electrons. The van der Waals surface area contributed by atoms with E-state index < -0.39 is 0 Å². The minimum absolute atomic E-state index is 0.948. The second-order valence-electron chi connectivity index (χ2n) is 3.34. The molecule has 0 aliphatic rings. The van der Waals surface area contributed by atoms with Crippen LogP contribution in [0.15, 0.2) is 36.0 Å². The molecule has 0 amide bonds. The van der Waals surface area contributed by atoms with Gasteiger partial charge in [0.25, 0.3) is 0 Å². The van der Waals surface area contributed by atoms with Gasteiger partial charge >= 0.3 is 0 Å². The van der Waals surface area contributed by atoms with E-state index in [9.17, 15) is 0 Å². The predicted molar refractivity (Wildman–Crippen MR) is 61.8 cm³/mol. The Bertz CT molecular complexity index is 595. The molecule has 3 heterocycles. The molecule has 0 bridgehead atoms. The molecule has 74 valence electrons. The third-order valence-corrected chi connectivity index (χ3v) is 3.29. The number of pyridine rings is 1. The number of hydrogen-bond donors (Lipinski definition) is 0. The number of aryl methyl sites for hydroxylation is 1. The van der Waals surface area contributed by atoms with Crippen LogP contribution in [0.2, 0.25) is 0 Å². The molecule has 0 N–H and O–H groups in total. The summed E-state index contributed by atoms with van der Waals surface area (Å²) >= 11 is 1.70. The molecule has 3 nitrogen and oxygen atoms in total. The zero-order chi connectivity index (χ0) is 10.3. The molecule has 3 rings (SSSR count). The monoisotopic (exact) mass is 215 g/mol. The SMILES string of the molecule is Cn1c(-c2cccs2)nc2cnccc21. The number of rotatable bonds is 1. The maximum absolute atomic E-state index is 4.57. The van der Waals surface area contributed by atoms with Gasteiger partial charge in [-0.2, -0.15) is 0 Å². The van der Waals surface area contributed by atoms with Crippen molar-refractivity contribution in [1.29, 1.82) is 0 Å². The zero-order valence-electron chi connectivity index (χ0n) is 8.21. The quantitative estimate of drug-likeness (QED) is 0.625. The number of imidazole rings is 1. The summed E-state index contributed by atoms with van der Waals surface area (Å²) in [7, 11) is 2.03. The molecule has 4 heteroatoms. The molecule has 3 aromatic heterocycles. The Balaban J connectivity index is 2.33. The Morgan fingerprint density at radius 1 is 1.33 bits per heavy atom. The molecular weight excluding hydrogens is 206 g/mol. The Labute approximate surface area is 91.0 Å². The van der Waals surface area contributed by atoms with Crippen LogP contribution in [0.4, 0.5) is 0 Å². The Morgan fingerprint density at radius 3 is 3.00 bits per heavy atom. The van der Waals surface area contributed by atoms with Gasteiger partial charge in [0, 0.05) is 13.2 Å². The van der Waals surface area contributed by atoms with Gasteiger partial charge in [0.1, 0.15) is 5.52 Å². The topological polar surface area (TPSA) is 30.7 Å². The highest BCUT2D eigenvalue weighted by Gasteiger charge is 2.09. The van der Waals surface area contributed by atoms with Gasteiger partial charge in [0.05, 0.1) is 16.6 Å². The normalized spacial score (nSPS) is 11.0. The molecule has 0 fully saturated rings. The van der Waals surface area contributed by atoms with Crippen molar-refractivity contribution in [1.82, 2.24) is 14.5 Å². The smallest absolute Gasteiger partial charge is 0.151 e. The first kappa shape index (κ1) is 8.61. The lowest BCUT2D eigenvalue weighted by atomic mass is 10.4. The van der Waals surface area contributed by atoms with Crippen LogP contribution >= 0.6 is 11.3 Å². The van der Waals surface area contributed by atoms with Crippen molar-refractivity contribution in [3.05, 3.63) is 36.0 Å². The van der Waals surface area contributed by atoms with E-state index in [1.54, 1.807) is 23.7 Å². The van der Waals surface area contributed by atoms with Gasteiger partial charge in [-0.15, -0.1) is 11.3 Å². The van der Waals surface area contributed by atoms with Crippen molar-refractivity contribution in [2.45, 2.75) is 0 Å². The van der Waals surface area contributed by atoms with Gasteiger partial charge in [-0.25, -0.2) is 4.98 Å². The standard InChI is InChI=1S/C11H9N3S/c1-14-9-4-5-12-7-8(9)13-11(14)10-3-2-6-15-10/h2-7H,1H3. The lowest BCUT2D eigenvalue weighted by Gasteiger charge is -1.97. The van der Waals surface area contributed by atoms with E-state index >= 15 is 0 Å². The Kier molecular flexibility index (Phi) is 1.82. The highest BCUT2D eigenvalue weighted by atomic mass is 32.1. The second-order valence-corrected chi connectivity index (χ2v) is 4.28. The first-order valence-corrected chi connectivity index (χ1v) is 5.54. The molecular formula is C11H9N3S. The number of hydrogen-bond acceptors (Lipinski definition) is 3. The fourth-order valence-corrected chi connectivity index (χ4v) is 2.43. The molecule has 0 aliphatic carbocycles. The van der Waals surface area contributed by atoms with E-state index in [-0.39, 0.29) is 0 Å². The second kappa shape index (κ2) is 3.17. The van der Waals surface area contributed by atoms with Gasteiger partial charge < -0.3 is 4.57 Å². The summed E-state index contributed by atoms with van der Waals surface area (Å²) in [5.41, 5.74) is 2.07. The van der Waals surface area contributed by atoms with Crippen LogP contribution in [0.5, 0.6) is 0 Å². The molecule has 0 unspecified atom stereocenters. The minimum Gasteiger partial charge on any atom is -0.326 e. The van der Waals surface area contributed by atoms with Crippen molar-refractivity contribution in [3.63, 3.8) is 0 Å². The summed E-state index contributed by atoms with van der Waals surface area (Å²) in [6.45, 7) is 0. The van der Waals surface area contributed by atoms with Gasteiger partial charge in [0.15, 0.2) is 5.82 Å². The van der Waals surface area contributed by atoms with E-state index in [4.69, 9.17) is 0 Å². The number of nitrogens with zero attached hydrogens (tertiary/aromatic N) is 3. The molecule has 0 aliphatic heterocycles. The van der Waals surface area contributed by atoms with Gasteiger partial charge in [-0.3, -0.25) is 4.98 Å². The van der Waals surface area contributed by atoms with E-state index in [0.29, 0.717) is 0 Å². The van der Waals surface area contributed by atoms with Crippen LogP contribution in [-0.2, 0) is 7.05 Å². The fourth-order valence-electron chi connectivity index (χ4n) is 1.68. The number of fused-ring (bicyclic) bond motifs is 1. The minimum atomic E-state index is 0.948. The van der Waals surface area contributed by atoms with Gasteiger partial charge in [-0.05, 0) is 17.5 Å². The average Bonchev–Trinajstić information content (AvgIpc) is 2.87. The summed E-state index contributed by atoms with van der Waals surface area (Å²) in [5.74, 6) is 1.01. The predicted octanol–water partition coefficient (Wildman–Crippen LogP) is 2.70. The van der Waals surface area contributed by atoms with Crippen LogP contribution < -0.4 is 0 Å². The van der Waals surface area contributed by atoms with Crippen LogP contribution in [0.3, 0.4) is 0 Å². The third kappa shape index (κ3) is 1.26. The Morgan fingerprint density at radius 2 is 2.27 bits per heavy atom. The van der Waals surface area contributed by atoms with Crippen LogP contribution in [0.25, 0.3) is 21.7 Å². The van der Waals surface area contributed by atoms with E-state index in [2.05, 4.69) is 26.0 Å². The van der Waals surface area contributed by atoms with Crippen molar-refractivity contribution in [2.75, 3.05) is 0 Å². The van der Waals surface area contributed by atoms with E-state index in [1.807, 2.05) is 19.2 Å². The molecule has 0 saturated carbocycles. The van der Waals surface area contributed by atoms with Crippen LogP contribution in [0, 0.1) is 0 Å². The third-order valence-electron chi connectivity index (χ3n) is 2.42. The summed E-state index contributed by atoms with van der Waals surface area (Å²) in [6.07, 6.45) is 3.59. The van der Waals surface area contributed by atoms with E-state index in [0.717, 1.165) is 16.9 Å². The molecule has 0 spiro atoms. The number of aromatic nitrogens is 3. The van der Waals surface area contributed by atoms with Crippen molar-refractivity contribution >= 4 is 22.4 Å². The first-order valence-electron chi connectivity index (χ1n) is 4.66. The largest absolute Gasteiger partial charge is 0.326 e. The molecule has 15 heavy (non-hydrogen) atoms. The lowest BCUT2D eigenvalue weighted by molar-refractivity contribution is 0.962. The van der Waals surface area contributed by atoms with Crippen molar-refractivity contribution in [3.8, 4) is 10.7 Å². The zero-order valence-corrected chi connectivity index (χ0v) is 9.03.